The summed E-state index contributed by atoms with van der Waals surface area (Å²) in [7, 11) is 1.76. The Kier molecular flexibility index (Phi) is 3.12. The van der Waals surface area contributed by atoms with Crippen molar-refractivity contribution in [3.8, 4) is 5.75 Å². The third-order valence-electron chi connectivity index (χ3n) is 2.77. The van der Waals surface area contributed by atoms with Crippen LogP contribution in [0.25, 0.3) is 0 Å². The van der Waals surface area contributed by atoms with E-state index in [-0.39, 0.29) is 11.4 Å². The summed E-state index contributed by atoms with van der Waals surface area (Å²) >= 11 is 0. The van der Waals surface area contributed by atoms with E-state index in [4.69, 9.17) is 15.4 Å². The lowest BCUT2D eigenvalue weighted by Gasteiger charge is -2.16. The van der Waals surface area contributed by atoms with Crippen LogP contribution in [0.15, 0.2) is 18.2 Å². The van der Waals surface area contributed by atoms with Crippen LogP contribution in [0.4, 0.5) is 0 Å². The summed E-state index contributed by atoms with van der Waals surface area (Å²) in [6, 6.07) is 5.85. The molecule has 0 spiro atoms. The molecule has 1 aromatic rings. The van der Waals surface area contributed by atoms with Crippen LogP contribution in [0.1, 0.15) is 25.0 Å². The Morgan fingerprint density at radius 3 is 2.76 bits per heavy atom. The molecule has 0 amide bonds. The van der Waals surface area contributed by atoms with Crippen LogP contribution in [-0.4, -0.2) is 19.8 Å². The van der Waals surface area contributed by atoms with E-state index in [1.165, 1.54) is 5.56 Å². The van der Waals surface area contributed by atoms with Crippen LogP contribution >= 0.6 is 10.7 Å². The Morgan fingerprint density at radius 2 is 2.12 bits per heavy atom. The Bertz CT molecular complexity index is 535. The van der Waals surface area contributed by atoms with Crippen molar-refractivity contribution < 1.29 is 13.2 Å². The molecule has 17 heavy (non-hydrogen) atoms. The molecule has 0 fully saturated rings. The average molecular weight is 275 g/mol. The average Bonchev–Trinajstić information content (AvgIpc) is 2.46. The predicted octanol–water partition coefficient (Wildman–Crippen LogP) is 2.51. The quantitative estimate of drug-likeness (QED) is 0.796. The van der Waals surface area contributed by atoms with Gasteiger partial charge in [-0.3, -0.25) is 0 Å². The van der Waals surface area contributed by atoms with Crippen molar-refractivity contribution in [2.75, 3.05) is 5.75 Å². The third-order valence-corrected chi connectivity index (χ3v) is 3.92. The van der Waals surface area contributed by atoms with Gasteiger partial charge >= 0.3 is 0 Å². The summed E-state index contributed by atoms with van der Waals surface area (Å²) in [5, 5.41) is 0. The first-order valence-electron chi connectivity index (χ1n) is 5.48. The molecule has 1 heterocycles. The van der Waals surface area contributed by atoms with Crippen LogP contribution < -0.4 is 4.74 Å². The number of benzene rings is 1. The zero-order valence-corrected chi connectivity index (χ0v) is 11.4. The minimum Gasteiger partial charge on any atom is -0.487 e. The Labute approximate surface area is 106 Å². The van der Waals surface area contributed by atoms with Gasteiger partial charge in [0.25, 0.3) is 0 Å². The van der Waals surface area contributed by atoms with Gasteiger partial charge in [-0.25, -0.2) is 8.42 Å². The molecule has 0 N–H and O–H groups in total. The molecule has 0 radical (unpaired) electrons. The van der Waals surface area contributed by atoms with Crippen molar-refractivity contribution in [3.05, 3.63) is 29.3 Å². The molecular formula is C12H15ClO3S. The first-order valence-corrected chi connectivity index (χ1v) is 7.96. The second-order valence-electron chi connectivity index (χ2n) is 4.97. The standard InChI is InChI=1S/C12H15ClO3S/c1-12(2)8-10-4-3-9(7-11(10)16-12)5-6-17(13,14)15/h3-4,7H,5-6,8H2,1-2H3. The molecular weight excluding hydrogens is 260 g/mol. The highest BCUT2D eigenvalue weighted by Gasteiger charge is 2.29. The Balaban J connectivity index is 2.14. The number of rotatable bonds is 3. The summed E-state index contributed by atoms with van der Waals surface area (Å²) in [5.41, 5.74) is 1.94. The summed E-state index contributed by atoms with van der Waals surface area (Å²) in [6.45, 7) is 4.08. The second-order valence-corrected chi connectivity index (χ2v) is 7.87. The SMILES string of the molecule is CC1(C)Cc2ccc(CCS(=O)(=O)Cl)cc2O1. The van der Waals surface area contributed by atoms with Crippen LogP contribution in [-0.2, 0) is 21.9 Å². The normalized spacial score (nSPS) is 17.6. The van der Waals surface area contributed by atoms with E-state index in [2.05, 4.69) is 0 Å². The van der Waals surface area contributed by atoms with Crippen LogP contribution in [0, 0.1) is 0 Å². The lowest BCUT2D eigenvalue weighted by molar-refractivity contribution is 0.138. The fraction of sp³-hybridized carbons (Fsp3) is 0.500. The van der Waals surface area contributed by atoms with Crippen LogP contribution in [0.5, 0.6) is 5.75 Å². The van der Waals surface area contributed by atoms with Gasteiger partial charge < -0.3 is 4.74 Å². The molecule has 5 heteroatoms. The number of halogens is 1. The smallest absolute Gasteiger partial charge is 0.232 e. The lowest BCUT2D eigenvalue weighted by Crippen LogP contribution is -2.24. The molecule has 94 valence electrons. The van der Waals surface area contributed by atoms with E-state index in [0.29, 0.717) is 6.42 Å². The number of ether oxygens (including phenoxy) is 1. The summed E-state index contributed by atoms with van der Waals surface area (Å²) in [5.74, 6) is 0.816. The maximum absolute atomic E-state index is 10.9. The molecule has 0 bridgehead atoms. The van der Waals surface area contributed by atoms with Gasteiger partial charge in [-0.05, 0) is 37.5 Å². The summed E-state index contributed by atoms with van der Waals surface area (Å²) < 4.78 is 27.5. The maximum atomic E-state index is 10.9. The monoisotopic (exact) mass is 274 g/mol. The Morgan fingerprint density at radius 1 is 1.41 bits per heavy atom. The summed E-state index contributed by atoms with van der Waals surface area (Å²) in [6.07, 6.45) is 1.30. The first kappa shape index (κ1) is 12.7. The van der Waals surface area contributed by atoms with Gasteiger partial charge in [0.05, 0.1) is 5.75 Å². The largest absolute Gasteiger partial charge is 0.487 e. The van der Waals surface area contributed by atoms with Crippen molar-refractivity contribution in [3.63, 3.8) is 0 Å². The zero-order valence-electron chi connectivity index (χ0n) is 9.86. The van der Waals surface area contributed by atoms with Gasteiger partial charge in [0.15, 0.2) is 0 Å². The highest BCUT2D eigenvalue weighted by atomic mass is 35.7. The van der Waals surface area contributed by atoms with Crippen molar-refractivity contribution >= 4 is 19.7 Å². The van der Waals surface area contributed by atoms with E-state index in [1.54, 1.807) is 0 Å². The molecule has 0 aliphatic carbocycles. The number of hydrogen-bond donors (Lipinski definition) is 0. The number of hydrogen-bond acceptors (Lipinski definition) is 3. The molecule has 3 nitrogen and oxygen atoms in total. The minimum atomic E-state index is -3.43. The van der Waals surface area contributed by atoms with Crippen molar-refractivity contribution in [2.24, 2.45) is 0 Å². The summed E-state index contributed by atoms with van der Waals surface area (Å²) in [4.78, 5) is 0. The topological polar surface area (TPSA) is 43.4 Å². The van der Waals surface area contributed by atoms with Crippen molar-refractivity contribution in [1.82, 2.24) is 0 Å². The van der Waals surface area contributed by atoms with E-state index in [9.17, 15) is 8.42 Å². The molecule has 1 aliphatic heterocycles. The molecule has 0 saturated carbocycles. The highest BCUT2D eigenvalue weighted by molar-refractivity contribution is 8.13. The van der Waals surface area contributed by atoms with Gasteiger partial charge in [0, 0.05) is 17.1 Å². The molecule has 1 aliphatic rings. The van der Waals surface area contributed by atoms with Crippen molar-refractivity contribution in [2.45, 2.75) is 32.3 Å². The molecule has 2 rings (SSSR count). The molecule has 0 saturated heterocycles. The fourth-order valence-electron chi connectivity index (χ4n) is 2.03. The number of fused-ring (bicyclic) bond motifs is 1. The minimum absolute atomic E-state index is 0.0449. The van der Waals surface area contributed by atoms with E-state index in [1.807, 2.05) is 32.0 Å². The van der Waals surface area contributed by atoms with Gasteiger partial charge in [0.1, 0.15) is 11.4 Å². The highest BCUT2D eigenvalue weighted by Crippen LogP contribution is 2.35. The molecule has 0 aromatic heterocycles. The van der Waals surface area contributed by atoms with E-state index < -0.39 is 9.05 Å². The molecule has 0 unspecified atom stereocenters. The van der Waals surface area contributed by atoms with Gasteiger partial charge in [0.2, 0.25) is 9.05 Å². The third kappa shape index (κ3) is 3.36. The van der Waals surface area contributed by atoms with Gasteiger partial charge in [-0.15, -0.1) is 0 Å². The van der Waals surface area contributed by atoms with E-state index >= 15 is 0 Å². The maximum Gasteiger partial charge on any atom is 0.232 e. The second kappa shape index (κ2) is 4.18. The molecule has 1 aromatic carbocycles. The first-order chi connectivity index (χ1) is 7.75. The van der Waals surface area contributed by atoms with Crippen LogP contribution in [0.3, 0.4) is 0 Å². The van der Waals surface area contributed by atoms with Crippen LogP contribution in [0.2, 0.25) is 0 Å². The lowest BCUT2D eigenvalue weighted by atomic mass is 10.0. The van der Waals surface area contributed by atoms with E-state index in [0.717, 1.165) is 17.7 Å². The molecule has 0 atom stereocenters. The fourth-order valence-corrected chi connectivity index (χ4v) is 2.74. The Hall–Kier alpha value is -0.740. The predicted molar refractivity (Wildman–Crippen MR) is 68.2 cm³/mol. The number of aryl methyl sites for hydroxylation is 1. The zero-order chi connectivity index (χ0) is 12.7. The van der Waals surface area contributed by atoms with Gasteiger partial charge in [-0.2, -0.15) is 0 Å². The van der Waals surface area contributed by atoms with Gasteiger partial charge in [-0.1, -0.05) is 12.1 Å². The van der Waals surface area contributed by atoms with Crippen molar-refractivity contribution in [1.29, 1.82) is 0 Å².